The zero-order valence-electron chi connectivity index (χ0n) is 15.6. The number of rotatable bonds is 7. The first-order valence-electron chi connectivity index (χ1n) is 9.37. The highest BCUT2D eigenvalue weighted by Gasteiger charge is 2.24. The number of nitrogens with one attached hydrogen (secondary N) is 1. The van der Waals surface area contributed by atoms with Crippen LogP contribution in [0.1, 0.15) is 24.1 Å². The lowest BCUT2D eigenvalue weighted by Crippen LogP contribution is -2.44. The molecule has 2 unspecified atom stereocenters. The van der Waals surface area contributed by atoms with Gasteiger partial charge in [0.2, 0.25) is 5.91 Å². The molecule has 1 aromatic heterocycles. The van der Waals surface area contributed by atoms with Crippen LogP contribution in [0.2, 0.25) is 0 Å². The van der Waals surface area contributed by atoms with E-state index in [4.69, 9.17) is 4.74 Å². The van der Waals surface area contributed by atoms with E-state index in [1.54, 1.807) is 18.3 Å². The number of amides is 1. The van der Waals surface area contributed by atoms with Gasteiger partial charge in [-0.15, -0.1) is 0 Å². The molecule has 2 atom stereocenters. The number of aromatic nitrogens is 1. The highest BCUT2D eigenvalue weighted by atomic mass is 19.1. The van der Waals surface area contributed by atoms with E-state index in [0.717, 1.165) is 24.2 Å². The van der Waals surface area contributed by atoms with Crippen LogP contribution in [0, 0.1) is 11.7 Å². The van der Waals surface area contributed by atoms with Crippen molar-refractivity contribution in [1.29, 1.82) is 0 Å². The van der Waals surface area contributed by atoms with Crippen molar-refractivity contribution in [2.45, 2.75) is 19.4 Å². The van der Waals surface area contributed by atoms with E-state index in [1.165, 1.54) is 12.1 Å². The fraction of sp³-hybridized carbons (Fsp3) is 0.429. The van der Waals surface area contributed by atoms with Gasteiger partial charge >= 0.3 is 0 Å². The second-order valence-corrected chi connectivity index (χ2v) is 6.93. The summed E-state index contributed by atoms with van der Waals surface area (Å²) in [5, 5.41) is 3.09. The van der Waals surface area contributed by atoms with Crippen LogP contribution in [0.3, 0.4) is 0 Å². The molecule has 144 valence electrons. The molecule has 1 amide bonds. The average Bonchev–Trinajstić information content (AvgIpc) is 2.71. The van der Waals surface area contributed by atoms with Crippen molar-refractivity contribution in [1.82, 2.24) is 15.2 Å². The van der Waals surface area contributed by atoms with Gasteiger partial charge in [0, 0.05) is 37.9 Å². The predicted molar refractivity (Wildman–Crippen MR) is 102 cm³/mol. The lowest BCUT2D eigenvalue weighted by molar-refractivity contribution is -0.124. The first-order chi connectivity index (χ1) is 13.1. The molecule has 3 rings (SSSR count). The Balaban J connectivity index is 1.60. The monoisotopic (exact) mass is 371 g/mol. The standard InChI is InChI=1S/C21H26FN3O2/c1-16(13-17-4-6-19(22)7-5-17)21(26)24-15-20(18-3-2-8-23-14-18)25-9-11-27-12-10-25/h2-8,14,16,20H,9-13,15H2,1H3,(H,24,26). The highest BCUT2D eigenvalue weighted by molar-refractivity contribution is 5.78. The predicted octanol–water partition coefficient (Wildman–Crippen LogP) is 2.59. The summed E-state index contributed by atoms with van der Waals surface area (Å²) in [6.45, 7) is 5.49. The number of ether oxygens (including phenoxy) is 1. The first kappa shape index (κ1) is 19.5. The van der Waals surface area contributed by atoms with Gasteiger partial charge in [-0.1, -0.05) is 25.1 Å². The van der Waals surface area contributed by atoms with Crippen molar-refractivity contribution in [2.75, 3.05) is 32.8 Å². The van der Waals surface area contributed by atoms with Gasteiger partial charge in [-0.05, 0) is 35.7 Å². The molecule has 1 aliphatic heterocycles. The molecular weight excluding hydrogens is 345 g/mol. The summed E-state index contributed by atoms with van der Waals surface area (Å²) in [6, 6.07) is 10.3. The molecule has 27 heavy (non-hydrogen) atoms. The van der Waals surface area contributed by atoms with Gasteiger partial charge in [0.25, 0.3) is 0 Å². The third-order valence-electron chi connectivity index (χ3n) is 4.93. The third kappa shape index (κ3) is 5.58. The minimum absolute atomic E-state index is 0.00137. The van der Waals surface area contributed by atoms with Crippen molar-refractivity contribution < 1.29 is 13.9 Å². The topological polar surface area (TPSA) is 54.5 Å². The van der Waals surface area contributed by atoms with Crippen LogP contribution in [0.5, 0.6) is 0 Å². The number of hydrogen-bond acceptors (Lipinski definition) is 4. The van der Waals surface area contributed by atoms with Crippen molar-refractivity contribution in [3.63, 3.8) is 0 Å². The number of benzene rings is 1. The van der Waals surface area contributed by atoms with E-state index in [1.807, 2.05) is 25.3 Å². The van der Waals surface area contributed by atoms with Crippen LogP contribution >= 0.6 is 0 Å². The molecule has 0 spiro atoms. The molecule has 2 heterocycles. The summed E-state index contributed by atoms with van der Waals surface area (Å²) in [6.07, 6.45) is 4.19. The molecule has 0 saturated carbocycles. The Morgan fingerprint density at radius 1 is 1.26 bits per heavy atom. The summed E-state index contributed by atoms with van der Waals surface area (Å²) < 4.78 is 18.5. The Kier molecular flexibility index (Phi) is 6.90. The summed E-state index contributed by atoms with van der Waals surface area (Å²) in [4.78, 5) is 19.1. The SMILES string of the molecule is CC(Cc1ccc(F)cc1)C(=O)NCC(c1cccnc1)N1CCOCC1. The van der Waals surface area contributed by atoms with E-state index >= 15 is 0 Å². The minimum atomic E-state index is -0.263. The van der Waals surface area contributed by atoms with Crippen molar-refractivity contribution in [3.8, 4) is 0 Å². The number of halogens is 1. The average molecular weight is 371 g/mol. The van der Waals surface area contributed by atoms with Gasteiger partial charge in [0.1, 0.15) is 5.82 Å². The number of morpholine rings is 1. The lowest BCUT2D eigenvalue weighted by Gasteiger charge is -2.34. The second-order valence-electron chi connectivity index (χ2n) is 6.93. The maximum Gasteiger partial charge on any atom is 0.223 e. The van der Waals surface area contributed by atoms with Crippen molar-refractivity contribution in [3.05, 3.63) is 65.7 Å². The van der Waals surface area contributed by atoms with Gasteiger partial charge in [-0.25, -0.2) is 4.39 Å². The Morgan fingerprint density at radius 2 is 2.00 bits per heavy atom. The molecule has 0 aliphatic carbocycles. The van der Waals surface area contributed by atoms with Gasteiger partial charge in [0.05, 0.1) is 19.3 Å². The maximum absolute atomic E-state index is 13.0. The fourth-order valence-corrected chi connectivity index (χ4v) is 3.36. The molecule has 1 N–H and O–H groups in total. The Labute approximate surface area is 159 Å². The Hall–Kier alpha value is -2.31. The number of carbonyl (C=O) groups excluding carboxylic acids is 1. The normalized spacial score (nSPS) is 17.3. The number of hydrogen-bond donors (Lipinski definition) is 1. The summed E-state index contributed by atoms with van der Waals surface area (Å²) >= 11 is 0. The van der Waals surface area contributed by atoms with Gasteiger partial charge < -0.3 is 10.1 Å². The lowest BCUT2D eigenvalue weighted by atomic mass is 10.00. The van der Waals surface area contributed by atoms with Crippen LogP contribution in [0.25, 0.3) is 0 Å². The molecule has 1 saturated heterocycles. The Morgan fingerprint density at radius 3 is 2.67 bits per heavy atom. The van der Waals surface area contributed by atoms with Crippen LogP contribution < -0.4 is 5.32 Å². The van der Waals surface area contributed by atoms with E-state index in [0.29, 0.717) is 26.2 Å². The van der Waals surface area contributed by atoms with Crippen molar-refractivity contribution >= 4 is 5.91 Å². The summed E-state index contributed by atoms with van der Waals surface area (Å²) in [5.74, 6) is -0.447. The van der Waals surface area contributed by atoms with Gasteiger partial charge in [0.15, 0.2) is 0 Å². The van der Waals surface area contributed by atoms with Crippen molar-refractivity contribution in [2.24, 2.45) is 5.92 Å². The molecule has 1 aromatic carbocycles. The van der Waals surface area contributed by atoms with Crippen LogP contribution in [0.15, 0.2) is 48.8 Å². The second kappa shape index (κ2) is 9.58. The molecule has 6 heteroatoms. The Bertz CT molecular complexity index is 718. The largest absolute Gasteiger partial charge is 0.379 e. The highest BCUT2D eigenvalue weighted by Crippen LogP contribution is 2.20. The smallest absolute Gasteiger partial charge is 0.223 e. The maximum atomic E-state index is 13.0. The fourth-order valence-electron chi connectivity index (χ4n) is 3.36. The molecule has 5 nitrogen and oxygen atoms in total. The van der Waals surface area contributed by atoms with E-state index in [2.05, 4.69) is 15.2 Å². The summed E-state index contributed by atoms with van der Waals surface area (Å²) in [7, 11) is 0. The number of pyridine rings is 1. The third-order valence-corrected chi connectivity index (χ3v) is 4.93. The van der Waals surface area contributed by atoms with Crippen LogP contribution in [-0.4, -0.2) is 48.6 Å². The molecular formula is C21H26FN3O2. The minimum Gasteiger partial charge on any atom is -0.379 e. The zero-order valence-corrected chi connectivity index (χ0v) is 15.6. The van der Waals surface area contributed by atoms with E-state index in [-0.39, 0.29) is 23.7 Å². The first-order valence-corrected chi connectivity index (χ1v) is 9.37. The van der Waals surface area contributed by atoms with E-state index < -0.39 is 0 Å². The molecule has 0 bridgehead atoms. The molecule has 2 aromatic rings. The van der Waals surface area contributed by atoms with Gasteiger partial charge in [-0.2, -0.15) is 0 Å². The van der Waals surface area contributed by atoms with E-state index in [9.17, 15) is 9.18 Å². The quantitative estimate of drug-likeness (QED) is 0.813. The molecule has 0 radical (unpaired) electrons. The van der Waals surface area contributed by atoms with Crippen LogP contribution in [-0.2, 0) is 16.0 Å². The summed E-state index contributed by atoms with van der Waals surface area (Å²) in [5.41, 5.74) is 2.04. The van der Waals surface area contributed by atoms with Crippen LogP contribution in [0.4, 0.5) is 4.39 Å². The zero-order chi connectivity index (χ0) is 19.1. The number of carbonyl (C=O) groups is 1. The molecule has 1 aliphatic rings. The number of nitrogens with zero attached hydrogens (tertiary/aromatic N) is 2. The molecule has 1 fully saturated rings. The van der Waals surface area contributed by atoms with Gasteiger partial charge in [-0.3, -0.25) is 14.7 Å².